The number of nitrogens with one attached hydrogen (secondary N) is 1. The average molecular weight is 500 g/mol. The second kappa shape index (κ2) is 12.6. The van der Waals surface area contributed by atoms with E-state index >= 15 is 0 Å². The zero-order valence-corrected chi connectivity index (χ0v) is 19.8. The molecule has 0 aromatic heterocycles. The third kappa shape index (κ3) is 7.52. The first kappa shape index (κ1) is 23.4. The highest BCUT2D eigenvalue weighted by Crippen LogP contribution is 2.18. The molecule has 1 unspecified atom stereocenters. The summed E-state index contributed by atoms with van der Waals surface area (Å²) in [6.07, 6.45) is 3.86. The van der Waals surface area contributed by atoms with Crippen LogP contribution < -0.4 is 5.32 Å². The maximum absolute atomic E-state index is 5.94. The van der Waals surface area contributed by atoms with Gasteiger partial charge in [0.25, 0.3) is 0 Å². The summed E-state index contributed by atoms with van der Waals surface area (Å²) >= 11 is 0. The number of nitrogens with zero attached hydrogens (tertiary/aromatic N) is 3. The zero-order valence-electron chi connectivity index (χ0n) is 17.5. The summed E-state index contributed by atoms with van der Waals surface area (Å²) in [6, 6.07) is 10.4. The van der Waals surface area contributed by atoms with Crippen LogP contribution in [-0.4, -0.2) is 68.7 Å². The average Bonchev–Trinajstić information content (AvgIpc) is 3.16. The van der Waals surface area contributed by atoms with Gasteiger partial charge in [0, 0.05) is 39.1 Å². The SMILES string of the molecule is CN=C(NCCN1CCC(C)CC1)N1CCC(COCc2ccccc2)C1.I. The number of hydrogen-bond acceptors (Lipinski definition) is 3. The molecule has 0 aliphatic carbocycles. The molecule has 1 atom stereocenters. The minimum Gasteiger partial charge on any atom is -0.376 e. The molecule has 0 bridgehead atoms. The summed E-state index contributed by atoms with van der Waals surface area (Å²) in [5.41, 5.74) is 1.25. The number of rotatable bonds is 7. The minimum absolute atomic E-state index is 0. The lowest BCUT2D eigenvalue weighted by molar-refractivity contribution is 0.0906. The molecule has 3 rings (SSSR count). The predicted molar refractivity (Wildman–Crippen MR) is 127 cm³/mol. The largest absolute Gasteiger partial charge is 0.376 e. The molecule has 0 amide bonds. The van der Waals surface area contributed by atoms with Crippen LogP contribution in [-0.2, 0) is 11.3 Å². The van der Waals surface area contributed by atoms with E-state index in [0.717, 1.165) is 44.7 Å². The van der Waals surface area contributed by atoms with Crippen LogP contribution in [0.4, 0.5) is 0 Å². The summed E-state index contributed by atoms with van der Waals surface area (Å²) in [5.74, 6) is 2.54. The molecule has 158 valence electrons. The van der Waals surface area contributed by atoms with Crippen LogP contribution in [0.5, 0.6) is 0 Å². The van der Waals surface area contributed by atoms with Gasteiger partial charge in [-0.2, -0.15) is 0 Å². The second-order valence-corrected chi connectivity index (χ2v) is 8.10. The Hall–Kier alpha value is -0.860. The van der Waals surface area contributed by atoms with Crippen LogP contribution in [0.2, 0.25) is 0 Å². The van der Waals surface area contributed by atoms with Crippen molar-refractivity contribution in [1.29, 1.82) is 0 Å². The molecule has 2 saturated heterocycles. The lowest BCUT2D eigenvalue weighted by Gasteiger charge is -2.30. The summed E-state index contributed by atoms with van der Waals surface area (Å²) in [4.78, 5) is 9.46. The van der Waals surface area contributed by atoms with Crippen molar-refractivity contribution in [3.63, 3.8) is 0 Å². The van der Waals surface area contributed by atoms with Crippen LogP contribution in [0.15, 0.2) is 35.3 Å². The summed E-state index contributed by atoms with van der Waals surface area (Å²) in [7, 11) is 1.89. The van der Waals surface area contributed by atoms with Gasteiger partial charge in [-0.3, -0.25) is 4.99 Å². The third-order valence-corrected chi connectivity index (χ3v) is 5.85. The van der Waals surface area contributed by atoms with Gasteiger partial charge in [-0.25, -0.2) is 0 Å². The van der Waals surface area contributed by atoms with E-state index in [-0.39, 0.29) is 24.0 Å². The number of aliphatic imine (C=N–C) groups is 1. The number of likely N-dealkylation sites (tertiary alicyclic amines) is 2. The van der Waals surface area contributed by atoms with Crippen molar-refractivity contribution >= 4 is 29.9 Å². The molecule has 1 aromatic carbocycles. The van der Waals surface area contributed by atoms with Crippen LogP contribution in [0.25, 0.3) is 0 Å². The predicted octanol–water partition coefficient (Wildman–Crippen LogP) is 3.45. The second-order valence-electron chi connectivity index (χ2n) is 8.10. The first-order valence-corrected chi connectivity index (χ1v) is 10.5. The van der Waals surface area contributed by atoms with E-state index < -0.39 is 0 Å². The van der Waals surface area contributed by atoms with E-state index in [1.807, 2.05) is 13.1 Å². The maximum Gasteiger partial charge on any atom is 0.193 e. The van der Waals surface area contributed by atoms with Crippen molar-refractivity contribution in [3.05, 3.63) is 35.9 Å². The molecule has 1 N–H and O–H groups in total. The molecule has 0 spiro atoms. The van der Waals surface area contributed by atoms with Crippen molar-refractivity contribution in [2.45, 2.75) is 32.8 Å². The Labute approximate surface area is 187 Å². The molecule has 0 saturated carbocycles. The fourth-order valence-electron chi connectivity index (χ4n) is 4.02. The molecule has 5 nitrogen and oxygen atoms in total. The highest BCUT2D eigenvalue weighted by Gasteiger charge is 2.25. The van der Waals surface area contributed by atoms with Crippen molar-refractivity contribution in [2.24, 2.45) is 16.8 Å². The molecular formula is C22H37IN4O. The van der Waals surface area contributed by atoms with E-state index in [1.165, 1.54) is 37.9 Å². The standard InChI is InChI=1S/C22H36N4O.HI/c1-19-8-12-25(13-9-19)15-11-24-22(23-2)26-14-10-21(16-26)18-27-17-20-6-4-3-5-7-20;/h3-7,19,21H,8-18H2,1-2H3,(H,23,24);1H. The highest BCUT2D eigenvalue weighted by molar-refractivity contribution is 14.0. The minimum atomic E-state index is 0. The third-order valence-electron chi connectivity index (χ3n) is 5.85. The van der Waals surface area contributed by atoms with Crippen molar-refractivity contribution in [2.75, 3.05) is 52.9 Å². The van der Waals surface area contributed by atoms with Crippen LogP contribution in [0.1, 0.15) is 31.7 Å². The van der Waals surface area contributed by atoms with Crippen LogP contribution in [0, 0.1) is 11.8 Å². The molecule has 2 heterocycles. The van der Waals surface area contributed by atoms with Crippen molar-refractivity contribution < 1.29 is 4.74 Å². The fourth-order valence-corrected chi connectivity index (χ4v) is 4.02. The lowest BCUT2D eigenvalue weighted by Crippen LogP contribution is -2.44. The first-order valence-electron chi connectivity index (χ1n) is 10.5. The number of piperidine rings is 1. The van der Waals surface area contributed by atoms with Crippen molar-refractivity contribution in [1.82, 2.24) is 15.1 Å². The van der Waals surface area contributed by atoms with Gasteiger partial charge in [-0.05, 0) is 43.8 Å². The molecule has 1 aromatic rings. The van der Waals surface area contributed by atoms with Gasteiger partial charge < -0.3 is 19.9 Å². The zero-order chi connectivity index (χ0) is 18.9. The van der Waals surface area contributed by atoms with E-state index in [0.29, 0.717) is 12.5 Å². The normalized spacial score (nSPS) is 21.6. The van der Waals surface area contributed by atoms with Crippen molar-refractivity contribution in [3.8, 4) is 0 Å². The summed E-state index contributed by atoms with van der Waals surface area (Å²) < 4.78 is 5.94. The first-order chi connectivity index (χ1) is 13.2. The Balaban J connectivity index is 0.00000280. The van der Waals surface area contributed by atoms with Gasteiger partial charge >= 0.3 is 0 Å². The Morgan fingerprint density at radius 2 is 1.89 bits per heavy atom. The molecule has 0 radical (unpaired) electrons. The number of benzene rings is 1. The van der Waals surface area contributed by atoms with E-state index in [9.17, 15) is 0 Å². The fraction of sp³-hybridized carbons (Fsp3) is 0.682. The van der Waals surface area contributed by atoms with Crippen LogP contribution in [0.3, 0.4) is 0 Å². The van der Waals surface area contributed by atoms with Gasteiger partial charge in [0.05, 0.1) is 13.2 Å². The highest BCUT2D eigenvalue weighted by atomic mass is 127. The van der Waals surface area contributed by atoms with E-state index in [2.05, 4.69) is 51.3 Å². The number of ether oxygens (including phenoxy) is 1. The number of halogens is 1. The van der Waals surface area contributed by atoms with E-state index in [1.54, 1.807) is 0 Å². The Morgan fingerprint density at radius 1 is 1.14 bits per heavy atom. The van der Waals surface area contributed by atoms with Gasteiger partial charge in [-0.1, -0.05) is 37.3 Å². The molecular weight excluding hydrogens is 463 g/mol. The number of guanidine groups is 1. The molecule has 2 aliphatic rings. The summed E-state index contributed by atoms with van der Waals surface area (Å²) in [6.45, 7) is 10.6. The molecule has 2 fully saturated rings. The Kier molecular flexibility index (Phi) is 10.6. The van der Waals surface area contributed by atoms with E-state index in [4.69, 9.17) is 4.74 Å². The van der Waals surface area contributed by atoms with Gasteiger partial charge in [0.15, 0.2) is 5.96 Å². The number of hydrogen-bond donors (Lipinski definition) is 1. The maximum atomic E-state index is 5.94. The topological polar surface area (TPSA) is 40.1 Å². The Bertz CT molecular complexity index is 575. The van der Waals surface area contributed by atoms with Gasteiger partial charge in [-0.15, -0.1) is 24.0 Å². The molecule has 6 heteroatoms. The molecule has 2 aliphatic heterocycles. The quantitative estimate of drug-likeness (QED) is 0.354. The lowest BCUT2D eigenvalue weighted by atomic mass is 9.99. The monoisotopic (exact) mass is 500 g/mol. The van der Waals surface area contributed by atoms with Crippen LogP contribution >= 0.6 is 24.0 Å². The Morgan fingerprint density at radius 3 is 2.61 bits per heavy atom. The van der Waals surface area contributed by atoms with Gasteiger partial charge in [0.2, 0.25) is 0 Å². The summed E-state index contributed by atoms with van der Waals surface area (Å²) in [5, 5.41) is 3.57. The van der Waals surface area contributed by atoms with Gasteiger partial charge in [0.1, 0.15) is 0 Å². The smallest absolute Gasteiger partial charge is 0.193 e. The molecule has 28 heavy (non-hydrogen) atoms.